The highest BCUT2D eigenvalue weighted by Gasteiger charge is 2.26. The van der Waals surface area contributed by atoms with Crippen LogP contribution in [0.4, 0.5) is 5.69 Å². The number of nitrogens with zero attached hydrogens (tertiary/aromatic N) is 1. The van der Waals surface area contributed by atoms with Crippen LogP contribution in [0.25, 0.3) is 0 Å². The summed E-state index contributed by atoms with van der Waals surface area (Å²) in [5.74, 6) is -0.727. The molecule has 9 heteroatoms. The first-order valence-electron chi connectivity index (χ1n) is 8.81. The van der Waals surface area contributed by atoms with E-state index in [-0.39, 0.29) is 12.3 Å². The summed E-state index contributed by atoms with van der Waals surface area (Å²) in [4.78, 5) is 25.4. The molecule has 0 spiro atoms. The Morgan fingerprint density at radius 2 is 2.11 bits per heavy atom. The second kappa shape index (κ2) is 8.32. The molecule has 1 aliphatic heterocycles. The van der Waals surface area contributed by atoms with Crippen LogP contribution in [0.3, 0.4) is 0 Å². The van der Waals surface area contributed by atoms with Gasteiger partial charge in [-0.05, 0) is 48.1 Å². The second-order valence-electron chi connectivity index (χ2n) is 6.60. The Balaban J connectivity index is 1.83. The smallest absolute Gasteiger partial charge is 0.307 e. The largest absolute Gasteiger partial charge is 0.469 e. The first-order chi connectivity index (χ1) is 13.3. The van der Waals surface area contributed by atoms with Crippen molar-refractivity contribution in [3.63, 3.8) is 0 Å². The van der Waals surface area contributed by atoms with Gasteiger partial charge in [-0.15, -0.1) is 11.3 Å². The van der Waals surface area contributed by atoms with Gasteiger partial charge in [-0.1, -0.05) is 6.07 Å². The number of fused-ring (bicyclic) bond motifs is 1. The monoisotopic (exact) mass is 422 g/mol. The molecule has 7 nitrogen and oxygen atoms in total. The number of rotatable bonds is 6. The minimum atomic E-state index is -3.35. The number of methoxy groups -OCH3 is 1. The average Bonchev–Trinajstić information content (AvgIpc) is 3.20. The maximum absolute atomic E-state index is 12.8. The Bertz CT molecular complexity index is 970. The fourth-order valence-corrected chi connectivity index (χ4v) is 5.03. The van der Waals surface area contributed by atoms with Gasteiger partial charge in [0.15, 0.2) is 0 Å². The third kappa shape index (κ3) is 4.53. The Morgan fingerprint density at radius 3 is 2.75 bits per heavy atom. The number of hydrogen-bond acceptors (Lipinski definition) is 6. The van der Waals surface area contributed by atoms with Crippen LogP contribution in [0.2, 0.25) is 0 Å². The number of ether oxygens (including phenoxy) is 1. The lowest BCUT2D eigenvalue weighted by Gasteiger charge is -2.29. The average molecular weight is 423 g/mol. The lowest BCUT2D eigenvalue weighted by atomic mass is 10.00. The fraction of sp³-hybridized carbons (Fsp3) is 0.368. The number of thiophene rings is 1. The molecule has 0 bridgehead atoms. The molecule has 28 heavy (non-hydrogen) atoms. The molecule has 0 fully saturated rings. The van der Waals surface area contributed by atoms with Gasteiger partial charge < -0.3 is 10.1 Å². The summed E-state index contributed by atoms with van der Waals surface area (Å²) in [5.41, 5.74) is 1.88. The third-order valence-corrected chi connectivity index (χ3v) is 6.77. The number of sulfonamides is 1. The third-order valence-electron chi connectivity index (χ3n) is 4.61. The molecule has 0 aliphatic carbocycles. The predicted molar refractivity (Wildman–Crippen MR) is 108 cm³/mol. The molecule has 1 amide bonds. The van der Waals surface area contributed by atoms with Gasteiger partial charge in [0, 0.05) is 17.0 Å². The van der Waals surface area contributed by atoms with Crippen molar-refractivity contribution < 1.29 is 22.7 Å². The number of amides is 1. The highest BCUT2D eigenvalue weighted by Crippen LogP contribution is 2.30. The van der Waals surface area contributed by atoms with E-state index in [4.69, 9.17) is 4.74 Å². The highest BCUT2D eigenvalue weighted by molar-refractivity contribution is 7.92. The number of benzene rings is 1. The van der Waals surface area contributed by atoms with E-state index in [2.05, 4.69) is 5.32 Å². The lowest BCUT2D eigenvalue weighted by molar-refractivity contribution is -0.141. The quantitative estimate of drug-likeness (QED) is 0.722. The second-order valence-corrected chi connectivity index (χ2v) is 9.49. The molecule has 3 rings (SSSR count). The maximum atomic E-state index is 12.8. The van der Waals surface area contributed by atoms with Gasteiger partial charge in [-0.3, -0.25) is 13.9 Å². The summed E-state index contributed by atoms with van der Waals surface area (Å²) in [6, 6.07) is 8.24. The van der Waals surface area contributed by atoms with Crippen molar-refractivity contribution in [3.8, 4) is 0 Å². The summed E-state index contributed by atoms with van der Waals surface area (Å²) in [5, 5.41) is 4.77. The fourth-order valence-electron chi connectivity index (χ4n) is 3.25. The summed E-state index contributed by atoms with van der Waals surface area (Å²) < 4.78 is 30.1. The molecule has 150 valence electrons. The van der Waals surface area contributed by atoms with Crippen LogP contribution in [0.15, 0.2) is 35.7 Å². The minimum absolute atomic E-state index is 0.0373. The SMILES string of the molecule is COC(=O)CC(NC(=O)c1ccc2c(c1)CCCN2S(C)(=O)=O)c1cccs1. The number of anilines is 1. The van der Waals surface area contributed by atoms with E-state index in [1.807, 2.05) is 17.5 Å². The van der Waals surface area contributed by atoms with Gasteiger partial charge in [-0.2, -0.15) is 0 Å². The normalized spacial score (nSPS) is 14.9. The Hall–Kier alpha value is -2.39. The lowest BCUT2D eigenvalue weighted by Crippen LogP contribution is -2.35. The number of nitrogens with one attached hydrogen (secondary N) is 1. The van der Waals surface area contributed by atoms with Crippen LogP contribution in [0, 0.1) is 0 Å². The molecule has 2 heterocycles. The summed E-state index contributed by atoms with van der Waals surface area (Å²) in [6.45, 7) is 0.441. The Morgan fingerprint density at radius 1 is 1.32 bits per heavy atom. The molecule has 0 saturated heterocycles. The summed E-state index contributed by atoms with van der Waals surface area (Å²) in [7, 11) is -2.04. The predicted octanol–water partition coefficient (Wildman–Crippen LogP) is 2.49. The van der Waals surface area contributed by atoms with Crippen LogP contribution in [-0.2, 0) is 26.0 Å². The van der Waals surface area contributed by atoms with Crippen molar-refractivity contribution in [2.45, 2.75) is 25.3 Å². The highest BCUT2D eigenvalue weighted by atomic mass is 32.2. The summed E-state index contributed by atoms with van der Waals surface area (Å²) >= 11 is 1.45. The number of hydrogen-bond donors (Lipinski definition) is 1. The van der Waals surface area contributed by atoms with Gasteiger partial charge in [0.05, 0.1) is 31.5 Å². The molecule has 1 unspecified atom stereocenters. The van der Waals surface area contributed by atoms with E-state index in [0.29, 0.717) is 30.6 Å². The van der Waals surface area contributed by atoms with Gasteiger partial charge in [-0.25, -0.2) is 8.42 Å². The van der Waals surface area contributed by atoms with Crippen molar-refractivity contribution in [1.82, 2.24) is 5.32 Å². The Labute approximate surface area is 168 Å². The Kier molecular flexibility index (Phi) is 6.04. The molecule has 1 atom stereocenters. The molecule has 1 aromatic carbocycles. The molecular formula is C19H22N2O5S2. The summed E-state index contributed by atoms with van der Waals surface area (Å²) in [6.07, 6.45) is 2.63. The molecule has 0 radical (unpaired) electrons. The zero-order chi connectivity index (χ0) is 20.3. The molecule has 1 aliphatic rings. The van der Waals surface area contributed by atoms with Gasteiger partial charge in [0.2, 0.25) is 10.0 Å². The minimum Gasteiger partial charge on any atom is -0.469 e. The molecule has 1 N–H and O–H groups in total. The molecule has 1 aromatic heterocycles. The zero-order valence-electron chi connectivity index (χ0n) is 15.7. The van der Waals surface area contributed by atoms with E-state index >= 15 is 0 Å². The van der Waals surface area contributed by atoms with E-state index in [9.17, 15) is 18.0 Å². The van der Waals surface area contributed by atoms with Crippen molar-refractivity contribution in [3.05, 3.63) is 51.7 Å². The van der Waals surface area contributed by atoms with Gasteiger partial charge in [0.1, 0.15) is 0 Å². The van der Waals surface area contributed by atoms with Crippen LogP contribution in [-0.4, -0.2) is 40.2 Å². The van der Waals surface area contributed by atoms with Crippen molar-refractivity contribution in [2.75, 3.05) is 24.2 Å². The van der Waals surface area contributed by atoms with E-state index in [1.165, 1.54) is 29.0 Å². The molecule has 0 saturated carbocycles. The number of carbonyl (C=O) groups is 2. The first-order valence-corrected chi connectivity index (χ1v) is 11.5. The van der Waals surface area contributed by atoms with E-state index in [0.717, 1.165) is 10.4 Å². The van der Waals surface area contributed by atoms with Crippen LogP contribution < -0.4 is 9.62 Å². The van der Waals surface area contributed by atoms with Crippen molar-refractivity contribution in [2.24, 2.45) is 0 Å². The zero-order valence-corrected chi connectivity index (χ0v) is 17.3. The number of esters is 1. The number of aryl methyl sites for hydroxylation is 1. The topological polar surface area (TPSA) is 92.8 Å². The van der Waals surface area contributed by atoms with E-state index < -0.39 is 22.0 Å². The van der Waals surface area contributed by atoms with Gasteiger partial charge in [0.25, 0.3) is 5.91 Å². The molecule has 2 aromatic rings. The standard InChI is InChI=1S/C19H22N2O5S2/c1-26-18(22)12-15(17-6-4-10-27-17)20-19(23)14-7-8-16-13(11-14)5-3-9-21(16)28(2,24)25/h4,6-8,10-11,15H,3,5,9,12H2,1-2H3,(H,20,23). The van der Waals surface area contributed by atoms with E-state index in [1.54, 1.807) is 18.2 Å². The van der Waals surface area contributed by atoms with Crippen LogP contribution in [0.5, 0.6) is 0 Å². The first kappa shape index (κ1) is 20.3. The van der Waals surface area contributed by atoms with Crippen molar-refractivity contribution in [1.29, 1.82) is 0 Å². The van der Waals surface area contributed by atoms with Gasteiger partial charge >= 0.3 is 5.97 Å². The molecular weight excluding hydrogens is 400 g/mol. The van der Waals surface area contributed by atoms with Crippen LogP contribution >= 0.6 is 11.3 Å². The van der Waals surface area contributed by atoms with Crippen LogP contribution in [0.1, 0.15) is 39.7 Å². The maximum Gasteiger partial charge on any atom is 0.307 e. The number of carbonyl (C=O) groups excluding carboxylic acids is 2. The van der Waals surface area contributed by atoms with Crippen molar-refractivity contribution >= 4 is 38.9 Å².